The highest BCUT2D eigenvalue weighted by Crippen LogP contribution is 2.21. The van der Waals surface area contributed by atoms with Gasteiger partial charge in [0.15, 0.2) is 0 Å². The van der Waals surface area contributed by atoms with Gasteiger partial charge >= 0.3 is 0 Å². The number of halogens is 1. The van der Waals surface area contributed by atoms with Crippen molar-refractivity contribution in [1.29, 1.82) is 0 Å². The zero-order valence-electron chi connectivity index (χ0n) is 14.0. The predicted octanol–water partition coefficient (Wildman–Crippen LogP) is 4.75. The van der Waals surface area contributed by atoms with Gasteiger partial charge in [-0.15, -0.1) is 0 Å². The van der Waals surface area contributed by atoms with Crippen molar-refractivity contribution in [3.8, 4) is 0 Å². The summed E-state index contributed by atoms with van der Waals surface area (Å²) in [5, 5.41) is 4.24. The summed E-state index contributed by atoms with van der Waals surface area (Å²) in [6.07, 6.45) is 3.67. The highest BCUT2D eigenvalue weighted by molar-refractivity contribution is 6.30. The third-order valence-corrected chi connectivity index (χ3v) is 4.69. The Morgan fingerprint density at radius 1 is 1.19 bits per heavy atom. The molecule has 0 saturated heterocycles. The summed E-state index contributed by atoms with van der Waals surface area (Å²) in [6, 6.07) is 8.57. The summed E-state index contributed by atoms with van der Waals surface area (Å²) in [6.45, 7) is 10.3. The molecule has 0 amide bonds. The van der Waals surface area contributed by atoms with Gasteiger partial charge in [0, 0.05) is 17.6 Å². The van der Waals surface area contributed by atoms with Gasteiger partial charge in [-0.1, -0.05) is 57.3 Å². The maximum absolute atomic E-state index is 6.10. The summed E-state index contributed by atoms with van der Waals surface area (Å²) >= 11 is 6.10. The van der Waals surface area contributed by atoms with Crippen molar-refractivity contribution in [3.63, 3.8) is 0 Å². The van der Waals surface area contributed by atoms with Crippen LogP contribution >= 0.6 is 11.6 Å². The molecule has 1 rings (SSSR count). The molecule has 3 heteroatoms. The van der Waals surface area contributed by atoms with Gasteiger partial charge in [0.1, 0.15) is 0 Å². The molecule has 0 aliphatic rings. The van der Waals surface area contributed by atoms with E-state index >= 15 is 0 Å². The molecule has 0 spiro atoms. The van der Waals surface area contributed by atoms with Crippen molar-refractivity contribution in [2.24, 2.45) is 5.92 Å². The van der Waals surface area contributed by atoms with Crippen LogP contribution in [0.5, 0.6) is 0 Å². The second-order valence-corrected chi connectivity index (χ2v) is 6.20. The van der Waals surface area contributed by atoms with E-state index in [0.29, 0.717) is 6.04 Å². The summed E-state index contributed by atoms with van der Waals surface area (Å²) < 4.78 is 0. The molecule has 0 heterocycles. The van der Waals surface area contributed by atoms with Gasteiger partial charge in [0.05, 0.1) is 0 Å². The topological polar surface area (TPSA) is 15.3 Å². The fourth-order valence-electron chi connectivity index (χ4n) is 2.80. The van der Waals surface area contributed by atoms with Crippen LogP contribution in [0.4, 0.5) is 0 Å². The molecular formula is C18H31ClN2. The van der Waals surface area contributed by atoms with Crippen LogP contribution in [-0.2, 0) is 0 Å². The first-order chi connectivity index (χ1) is 10.1. The first-order valence-corrected chi connectivity index (χ1v) is 8.67. The summed E-state index contributed by atoms with van der Waals surface area (Å²) in [4.78, 5) is 2.58. The smallest absolute Gasteiger partial charge is 0.0409 e. The number of hydrogen-bond acceptors (Lipinski definition) is 2. The zero-order chi connectivity index (χ0) is 15.7. The number of nitrogens with one attached hydrogen (secondary N) is 1. The fraction of sp³-hybridized carbons (Fsp3) is 0.667. The molecule has 0 radical (unpaired) electrons. The van der Waals surface area contributed by atoms with Crippen LogP contribution in [0.3, 0.4) is 0 Å². The van der Waals surface area contributed by atoms with Crippen molar-refractivity contribution in [3.05, 3.63) is 34.9 Å². The lowest BCUT2D eigenvalue weighted by molar-refractivity contribution is 0.223. The average Bonchev–Trinajstić information content (AvgIpc) is 2.51. The minimum absolute atomic E-state index is 0.374. The Bertz CT molecular complexity index is 391. The molecule has 1 aromatic rings. The minimum atomic E-state index is 0.374. The Labute approximate surface area is 135 Å². The van der Waals surface area contributed by atoms with Crippen LogP contribution < -0.4 is 5.32 Å². The Hall–Kier alpha value is -0.570. The van der Waals surface area contributed by atoms with Crippen LogP contribution in [0.15, 0.2) is 24.3 Å². The maximum atomic E-state index is 6.10. The Kier molecular flexibility index (Phi) is 8.98. The van der Waals surface area contributed by atoms with Crippen molar-refractivity contribution in [1.82, 2.24) is 10.2 Å². The lowest BCUT2D eigenvalue weighted by atomic mass is 10.0. The van der Waals surface area contributed by atoms with Crippen molar-refractivity contribution in [2.45, 2.75) is 46.1 Å². The van der Waals surface area contributed by atoms with E-state index in [1.54, 1.807) is 0 Å². The van der Waals surface area contributed by atoms with Crippen molar-refractivity contribution < 1.29 is 0 Å². The van der Waals surface area contributed by atoms with E-state index in [0.717, 1.165) is 30.5 Å². The quantitative estimate of drug-likeness (QED) is 0.671. The molecule has 1 aromatic carbocycles. The summed E-state index contributed by atoms with van der Waals surface area (Å²) in [5.41, 5.74) is 1.28. The molecule has 0 aliphatic heterocycles. The monoisotopic (exact) mass is 310 g/mol. The molecule has 120 valence electrons. The first-order valence-electron chi connectivity index (χ1n) is 8.29. The second kappa shape index (κ2) is 10.2. The van der Waals surface area contributed by atoms with Crippen molar-refractivity contribution >= 4 is 11.6 Å². The van der Waals surface area contributed by atoms with Gasteiger partial charge in [-0.25, -0.2) is 0 Å². The van der Waals surface area contributed by atoms with E-state index in [-0.39, 0.29) is 0 Å². The van der Waals surface area contributed by atoms with Crippen LogP contribution in [-0.4, -0.2) is 31.6 Å². The zero-order valence-corrected chi connectivity index (χ0v) is 14.8. The molecule has 1 unspecified atom stereocenters. The Balaban J connectivity index is 2.56. The van der Waals surface area contributed by atoms with Crippen LogP contribution in [0.2, 0.25) is 5.02 Å². The molecular weight excluding hydrogens is 280 g/mol. The number of rotatable bonds is 10. The van der Waals surface area contributed by atoms with E-state index < -0.39 is 0 Å². The first kappa shape index (κ1) is 18.5. The molecule has 0 fully saturated rings. The van der Waals surface area contributed by atoms with E-state index in [1.807, 2.05) is 19.2 Å². The van der Waals surface area contributed by atoms with E-state index in [2.05, 4.69) is 43.1 Å². The third-order valence-electron chi connectivity index (χ3n) is 4.45. The predicted molar refractivity (Wildman–Crippen MR) is 94.1 cm³/mol. The number of hydrogen-bond donors (Lipinski definition) is 1. The highest BCUT2D eigenvalue weighted by atomic mass is 35.5. The second-order valence-electron chi connectivity index (χ2n) is 5.76. The van der Waals surface area contributed by atoms with Gasteiger partial charge in [-0.2, -0.15) is 0 Å². The SMILES string of the molecule is CCC(CC)CN(CC)CCC(NC)c1cccc(Cl)c1. The van der Waals surface area contributed by atoms with Crippen LogP contribution in [0.1, 0.15) is 51.6 Å². The highest BCUT2D eigenvalue weighted by Gasteiger charge is 2.14. The number of benzene rings is 1. The Morgan fingerprint density at radius 3 is 2.43 bits per heavy atom. The van der Waals surface area contributed by atoms with Gasteiger partial charge in [-0.3, -0.25) is 0 Å². The molecule has 0 bridgehead atoms. The molecule has 1 N–H and O–H groups in total. The van der Waals surface area contributed by atoms with Gasteiger partial charge in [0.2, 0.25) is 0 Å². The van der Waals surface area contributed by atoms with Crippen molar-refractivity contribution in [2.75, 3.05) is 26.7 Å². The standard InChI is InChI=1S/C18H31ClN2/c1-5-15(6-2)14-21(7-3)12-11-18(20-4)16-9-8-10-17(19)13-16/h8-10,13,15,18,20H,5-7,11-12,14H2,1-4H3. The largest absolute Gasteiger partial charge is 0.313 e. The maximum Gasteiger partial charge on any atom is 0.0409 e. The van der Waals surface area contributed by atoms with E-state index in [1.165, 1.54) is 24.9 Å². The molecule has 0 aliphatic carbocycles. The molecule has 0 saturated carbocycles. The van der Waals surface area contributed by atoms with E-state index in [9.17, 15) is 0 Å². The van der Waals surface area contributed by atoms with Crippen LogP contribution in [0.25, 0.3) is 0 Å². The molecule has 21 heavy (non-hydrogen) atoms. The molecule has 0 aromatic heterocycles. The fourth-order valence-corrected chi connectivity index (χ4v) is 3.00. The van der Waals surface area contributed by atoms with E-state index in [4.69, 9.17) is 11.6 Å². The lowest BCUT2D eigenvalue weighted by Gasteiger charge is -2.27. The third kappa shape index (κ3) is 6.37. The van der Waals surface area contributed by atoms with Gasteiger partial charge in [-0.05, 0) is 50.2 Å². The van der Waals surface area contributed by atoms with Gasteiger partial charge in [0.25, 0.3) is 0 Å². The summed E-state index contributed by atoms with van der Waals surface area (Å²) in [5.74, 6) is 0.823. The number of nitrogens with zero attached hydrogens (tertiary/aromatic N) is 1. The average molecular weight is 311 g/mol. The summed E-state index contributed by atoms with van der Waals surface area (Å²) in [7, 11) is 2.03. The van der Waals surface area contributed by atoms with Crippen LogP contribution in [0, 0.1) is 5.92 Å². The van der Waals surface area contributed by atoms with Gasteiger partial charge < -0.3 is 10.2 Å². The lowest BCUT2D eigenvalue weighted by Crippen LogP contribution is -2.32. The minimum Gasteiger partial charge on any atom is -0.313 e. The molecule has 2 nitrogen and oxygen atoms in total. The Morgan fingerprint density at radius 2 is 1.90 bits per heavy atom. The normalized spacial score (nSPS) is 13.1. The molecule has 1 atom stereocenters.